The monoisotopic (exact) mass is 659 g/mol. The first-order valence-electron chi connectivity index (χ1n) is 19.9. The first kappa shape index (κ1) is 38.3. The molecule has 0 heterocycles. The third kappa shape index (κ3) is 14.5. The van der Waals surface area contributed by atoms with Gasteiger partial charge in [0.05, 0.1) is 0 Å². The summed E-state index contributed by atoms with van der Waals surface area (Å²) < 4.78 is 0. The van der Waals surface area contributed by atoms with E-state index in [1.807, 2.05) is 0 Å². The second-order valence-corrected chi connectivity index (χ2v) is 14.6. The van der Waals surface area contributed by atoms with Crippen LogP contribution in [0.25, 0.3) is 0 Å². The molecule has 0 amide bonds. The number of aryl methyl sites for hydroxylation is 4. The van der Waals surface area contributed by atoms with Crippen molar-refractivity contribution >= 4 is 11.4 Å². The van der Waals surface area contributed by atoms with Crippen LogP contribution in [0.1, 0.15) is 155 Å². The topological polar surface area (TPSA) is 52.0 Å². The molecule has 2 nitrogen and oxygen atoms in total. The lowest BCUT2D eigenvalue weighted by Crippen LogP contribution is -1.98. The van der Waals surface area contributed by atoms with E-state index in [0.29, 0.717) is 0 Å². The van der Waals surface area contributed by atoms with E-state index in [2.05, 4.69) is 98.8 Å². The molecule has 4 aromatic carbocycles. The molecule has 0 bridgehead atoms. The number of hydrogen-bond donors (Lipinski definition) is 2. The summed E-state index contributed by atoms with van der Waals surface area (Å²) in [5.74, 6) is 0. The van der Waals surface area contributed by atoms with Crippen molar-refractivity contribution in [3.63, 3.8) is 0 Å². The Hall–Kier alpha value is -3.52. The molecule has 0 aliphatic rings. The third-order valence-corrected chi connectivity index (χ3v) is 10.3. The fraction of sp³-hybridized carbons (Fsp3) is 0.489. The van der Waals surface area contributed by atoms with Gasteiger partial charge in [0.1, 0.15) is 0 Å². The van der Waals surface area contributed by atoms with Gasteiger partial charge in [-0.05, 0) is 121 Å². The van der Waals surface area contributed by atoms with Crippen molar-refractivity contribution in [1.82, 2.24) is 0 Å². The van der Waals surface area contributed by atoms with Crippen LogP contribution < -0.4 is 11.5 Å². The molecule has 0 unspecified atom stereocenters. The van der Waals surface area contributed by atoms with E-state index < -0.39 is 0 Å². The zero-order valence-electron chi connectivity index (χ0n) is 31.1. The second kappa shape index (κ2) is 22.2. The van der Waals surface area contributed by atoms with E-state index in [9.17, 15) is 0 Å². The predicted octanol–water partition coefficient (Wildman–Crippen LogP) is 12.8. The normalized spacial score (nSPS) is 11.3. The first-order valence-corrected chi connectivity index (χ1v) is 19.9. The van der Waals surface area contributed by atoms with Crippen molar-refractivity contribution in [2.45, 2.75) is 149 Å². The standard InChI is InChI=1S/C47H66N2/c1-3-5-14-20-44-36-42(30-32-46(44)48)34-40-26-22-38(23-27-40)18-16-12-10-8-7-9-11-13-17-19-39-24-28-41(29-25-39)35-43-31-33-47(49)45(37-43)21-15-6-4-2/h22-33,36-37H,3-21,34-35,48-49H2,1-2H3. The van der Waals surface area contributed by atoms with Crippen molar-refractivity contribution in [2.24, 2.45) is 0 Å². The van der Waals surface area contributed by atoms with Crippen LogP contribution in [0.15, 0.2) is 84.9 Å². The van der Waals surface area contributed by atoms with Crippen molar-refractivity contribution in [3.8, 4) is 0 Å². The molecule has 2 heteroatoms. The second-order valence-electron chi connectivity index (χ2n) is 14.6. The molecule has 4 aromatic rings. The molecule has 0 radical (unpaired) electrons. The number of nitrogen functional groups attached to an aromatic ring is 2. The van der Waals surface area contributed by atoms with E-state index in [1.54, 1.807) is 0 Å². The van der Waals surface area contributed by atoms with Crippen LogP contribution in [0.2, 0.25) is 0 Å². The van der Waals surface area contributed by atoms with E-state index in [4.69, 9.17) is 11.5 Å². The summed E-state index contributed by atoms with van der Waals surface area (Å²) >= 11 is 0. The van der Waals surface area contributed by atoms with Crippen molar-refractivity contribution in [1.29, 1.82) is 0 Å². The summed E-state index contributed by atoms with van der Waals surface area (Å²) in [6.07, 6.45) is 26.3. The average molecular weight is 659 g/mol. The molecular weight excluding hydrogens is 593 g/mol. The van der Waals surface area contributed by atoms with Crippen LogP contribution in [-0.4, -0.2) is 0 Å². The van der Waals surface area contributed by atoms with Gasteiger partial charge in [0.2, 0.25) is 0 Å². The molecule has 0 aromatic heterocycles. The van der Waals surface area contributed by atoms with Crippen molar-refractivity contribution in [3.05, 3.63) is 129 Å². The molecule has 49 heavy (non-hydrogen) atoms. The maximum absolute atomic E-state index is 6.24. The van der Waals surface area contributed by atoms with Gasteiger partial charge in [-0.25, -0.2) is 0 Å². The van der Waals surface area contributed by atoms with Crippen LogP contribution in [0.3, 0.4) is 0 Å². The largest absolute Gasteiger partial charge is 0.399 e. The molecule has 0 atom stereocenters. The molecule has 0 fully saturated rings. The minimum atomic E-state index is 0.946. The lowest BCUT2D eigenvalue weighted by Gasteiger charge is -2.10. The fourth-order valence-electron chi connectivity index (χ4n) is 7.12. The summed E-state index contributed by atoms with van der Waals surface area (Å²) in [6, 6.07) is 31.9. The Labute approximate surface area is 300 Å². The van der Waals surface area contributed by atoms with Gasteiger partial charge < -0.3 is 11.5 Å². The number of anilines is 2. The number of unbranched alkanes of at least 4 members (excludes halogenated alkanes) is 12. The minimum Gasteiger partial charge on any atom is -0.399 e. The van der Waals surface area contributed by atoms with Gasteiger partial charge in [0.25, 0.3) is 0 Å². The Balaban J connectivity index is 1.01. The maximum atomic E-state index is 6.24. The van der Waals surface area contributed by atoms with E-state index in [1.165, 1.54) is 154 Å². The van der Waals surface area contributed by atoms with Crippen LogP contribution in [0.4, 0.5) is 11.4 Å². The quantitative estimate of drug-likeness (QED) is 0.0581. The summed E-state index contributed by atoms with van der Waals surface area (Å²) in [5, 5.41) is 0. The Bertz CT molecular complexity index is 1350. The van der Waals surface area contributed by atoms with Gasteiger partial charge in [-0.15, -0.1) is 0 Å². The van der Waals surface area contributed by atoms with Crippen LogP contribution in [0.5, 0.6) is 0 Å². The molecular formula is C47H66N2. The summed E-state index contributed by atoms with van der Waals surface area (Å²) in [4.78, 5) is 0. The number of benzene rings is 4. The number of nitrogens with two attached hydrogens (primary N) is 2. The summed E-state index contributed by atoms with van der Waals surface area (Å²) in [6.45, 7) is 4.50. The minimum absolute atomic E-state index is 0.946. The van der Waals surface area contributed by atoms with Crippen LogP contribution in [0, 0.1) is 0 Å². The van der Waals surface area contributed by atoms with Gasteiger partial charge in [-0.1, -0.05) is 157 Å². The molecule has 0 spiro atoms. The van der Waals surface area contributed by atoms with Gasteiger partial charge >= 0.3 is 0 Å². The van der Waals surface area contributed by atoms with Gasteiger partial charge in [-0.3, -0.25) is 0 Å². The summed E-state index contributed by atoms with van der Waals surface area (Å²) in [5.41, 5.74) is 25.5. The maximum Gasteiger partial charge on any atom is 0.0346 e. The SMILES string of the molecule is CCCCCc1cc(Cc2ccc(CCCCCCCCCCCc3ccc(Cc4ccc(N)c(CCCCC)c4)cc3)cc2)ccc1N. The Morgan fingerprint density at radius 1 is 0.327 bits per heavy atom. The van der Waals surface area contributed by atoms with E-state index in [0.717, 1.165) is 37.1 Å². The molecule has 0 aliphatic carbocycles. The third-order valence-electron chi connectivity index (χ3n) is 10.3. The molecule has 4 rings (SSSR count). The summed E-state index contributed by atoms with van der Waals surface area (Å²) in [7, 11) is 0. The molecule has 0 saturated carbocycles. The average Bonchev–Trinajstić information content (AvgIpc) is 3.11. The highest BCUT2D eigenvalue weighted by molar-refractivity contribution is 5.50. The van der Waals surface area contributed by atoms with E-state index in [-0.39, 0.29) is 0 Å². The Morgan fingerprint density at radius 2 is 0.633 bits per heavy atom. The lowest BCUT2D eigenvalue weighted by atomic mass is 9.97. The zero-order chi connectivity index (χ0) is 34.5. The highest BCUT2D eigenvalue weighted by atomic mass is 14.6. The number of hydrogen-bond acceptors (Lipinski definition) is 2. The highest BCUT2D eigenvalue weighted by Crippen LogP contribution is 2.22. The zero-order valence-corrected chi connectivity index (χ0v) is 31.1. The number of rotatable bonds is 24. The molecule has 4 N–H and O–H groups in total. The highest BCUT2D eigenvalue weighted by Gasteiger charge is 2.06. The predicted molar refractivity (Wildman–Crippen MR) is 216 cm³/mol. The Kier molecular flexibility index (Phi) is 17.4. The smallest absolute Gasteiger partial charge is 0.0346 e. The first-order chi connectivity index (χ1) is 24.0. The van der Waals surface area contributed by atoms with Crippen LogP contribution >= 0.6 is 0 Å². The molecule has 0 saturated heterocycles. The van der Waals surface area contributed by atoms with Crippen molar-refractivity contribution in [2.75, 3.05) is 11.5 Å². The van der Waals surface area contributed by atoms with Gasteiger partial charge in [-0.2, -0.15) is 0 Å². The molecule has 264 valence electrons. The molecule has 0 aliphatic heterocycles. The lowest BCUT2D eigenvalue weighted by molar-refractivity contribution is 0.558. The van der Waals surface area contributed by atoms with Gasteiger partial charge in [0, 0.05) is 11.4 Å². The van der Waals surface area contributed by atoms with Crippen LogP contribution in [-0.2, 0) is 38.5 Å². The Morgan fingerprint density at radius 3 is 1.00 bits per heavy atom. The fourth-order valence-corrected chi connectivity index (χ4v) is 7.12. The van der Waals surface area contributed by atoms with Gasteiger partial charge in [0.15, 0.2) is 0 Å². The van der Waals surface area contributed by atoms with E-state index >= 15 is 0 Å². The van der Waals surface area contributed by atoms with Crippen molar-refractivity contribution < 1.29 is 0 Å².